The average Bonchev–Trinajstić information content (AvgIpc) is 2.96. The van der Waals surface area contributed by atoms with E-state index in [9.17, 15) is 4.79 Å². The van der Waals surface area contributed by atoms with Crippen LogP contribution in [0.2, 0.25) is 0 Å². The first-order valence-electron chi connectivity index (χ1n) is 7.75. The van der Waals surface area contributed by atoms with Crippen LogP contribution in [0.25, 0.3) is 0 Å². The summed E-state index contributed by atoms with van der Waals surface area (Å²) < 4.78 is 0. The lowest BCUT2D eigenvalue weighted by Crippen LogP contribution is -2.38. The van der Waals surface area contributed by atoms with E-state index in [2.05, 4.69) is 17.6 Å². The third kappa shape index (κ3) is 4.34. The summed E-state index contributed by atoms with van der Waals surface area (Å²) in [6, 6.07) is 10.0. The van der Waals surface area contributed by atoms with Crippen molar-refractivity contribution in [1.29, 1.82) is 0 Å². The molecule has 3 nitrogen and oxygen atoms in total. The standard InChI is InChI=1S/C17H26N2O/c1-2-17(10-6-7-11-17)14-18-13-16(20)19-12-15-8-4-3-5-9-15/h3-5,8-9,18H,2,6-7,10-14H2,1H3,(H,19,20). The minimum atomic E-state index is 0.0816. The van der Waals surface area contributed by atoms with Gasteiger partial charge in [-0.15, -0.1) is 0 Å². The fraction of sp³-hybridized carbons (Fsp3) is 0.588. The van der Waals surface area contributed by atoms with E-state index in [0.717, 1.165) is 12.1 Å². The smallest absolute Gasteiger partial charge is 0.234 e. The SMILES string of the molecule is CCC1(CNCC(=O)NCc2ccccc2)CCCC1. The Morgan fingerprint density at radius 3 is 2.55 bits per heavy atom. The van der Waals surface area contributed by atoms with E-state index in [-0.39, 0.29) is 5.91 Å². The van der Waals surface area contributed by atoms with Crippen molar-refractivity contribution in [1.82, 2.24) is 10.6 Å². The second-order valence-electron chi connectivity index (χ2n) is 5.93. The molecular formula is C17H26N2O. The second kappa shape index (κ2) is 7.44. The van der Waals surface area contributed by atoms with Crippen LogP contribution in [0.5, 0.6) is 0 Å². The Morgan fingerprint density at radius 1 is 1.20 bits per heavy atom. The van der Waals surface area contributed by atoms with Gasteiger partial charge in [-0.3, -0.25) is 4.79 Å². The fourth-order valence-electron chi connectivity index (χ4n) is 3.08. The number of rotatable bonds is 7. The highest BCUT2D eigenvalue weighted by atomic mass is 16.1. The normalized spacial score (nSPS) is 17.1. The van der Waals surface area contributed by atoms with Crippen LogP contribution in [-0.2, 0) is 11.3 Å². The van der Waals surface area contributed by atoms with Crippen molar-refractivity contribution in [3.63, 3.8) is 0 Å². The van der Waals surface area contributed by atoms with E-state index in [0.29, 0.717) is 18.5 Å². The van der Waals surface area contributed by atoms with Gasteiger partial charge >= 0.3 is 0 Å². The zero-order chi connectivity index (χ0) is 14.3. The van der Waals surface area contributed by atoms with E-state index < -0.39 is 0 Å². The van der Waals surface area contributed by atoms with Crippen molar-refractivity contribution in [3.8, 4) is 0 Å². The van der Waals surface area contributed by atoms with Crippen molar-refractivity contribution in [2.45, 2.75) is 45.6 Å². The minimum Gasteiger partial charge on any atom is -0.351 e. The molecule has 2 rings (SSSR count). The first-order chi connectivity index (χ1) is 9.74. The topological polar surface area (TPSA) is 41.1 Å². The minimum absolute atomic E-state index is 0.0816. The molecule has 0 aromatic heterocycles. The van der Waals surface area contributed by atoms with Crippen molar-refractivity contribution in [2.24, 2.45) is 5.41 Å². The fourth-order valence-corrected chi connectivity index (χ4v) is 3.08. The van der Waals surface area contributed by atoms with Crippen LogP contribution in [0.1, 0.15) is 44.6 Å². The van der Waals surface area contributed by atoms with Crippen molar-refractivity contribution >= 4 is 5.91 Å². The molecule has 0 unspecified atom stereocenters. The van der Waals surface area contributed by atoms with Crippen molar-refractivity contribution in [3.05, 3.63) is 35.9 Å². The number of carbonyl (C=O) groups excluding carboxylic acids is 1. The lowest BCUT2D eigenvalue weighted by atomic mass is 9.83. The molecule has 0 spiro atoms. The van der Waals surface area contributed by atoms with Crippen LogP contribution in [0, 0.1) is 5.41 Å². The van der Waals surface area contributed by atoms with Crippen LogP contribution in [0.3, 0.4) is 0 Å². The van der Waals surface area contributed by atoms with Gasteiger partial charge in [0.1, 0.15) is 0 Å². The van der Waals surface area contributed by atoms with Crippen LogP contribution < -0.4 is 10.6 Å². The Bertz CT molecular complexity index is 410. The molecule has 20 heavy (non-hydrogen) atoms. The number of amides is 1. The molecule has 2 N–H and O–H groups in total. The van der Waals surface area contributed by atoms with Crippen LogP contribution >= 0.6 is 0 Å². The molecule has 1 aliphatic carbocycles. The summed E-state index contributed by atoms with van der Waals surface area (Å²) in [6.45, 7) is 4.28. The van der Waals surface area contributed by atoms with E-state index in [1.165, 1.54) is 32.1 Å². The molecule has 1 saturated carbocycles. The number of hydrogen-bond acceptors (Lipinski definition) is 2. The van der Waals surface area contributed by atoms with Gasteiger partial charge < -0.3 is 10.6 Å². The largest absolute Gasteiger partial charge is 0.351 e. The van der Waals surface area contributed by atoms with Crippen LogP contribution in [-0.4, -0.2) is 19.0 Å². The van der Waals surface area contributed by atoms with Gasteiger partial charge in [-0.2, -0.15) is 0 Å². The highest BCUT2D eigenvalue weighted by Crippen LogP contribution is 2.40. The van der Waals surface area contributed by atoms with Gasteiger partial charge in [0.15, 0.2) is 0 Å². The Labute approximate surface area is 122 Å². The second-order valence-corrected chi connectivity index (χ2v) is 5.93. The van der Waals surface area contributed by atoms with E-state index in [4.69, 9.17) is 0 Å². The van der Waals surface area contributed by atoms with Crippen molar-refractivity contribution < 1.29 is 4.79 Å². The molecule has 0 aliphatic heterocycles. The molecule has 0 radical (unpaired) electrons. The van der Waals surface area contributed by atoms with Gasteiger partial charge in [0.25, 0.3) is 0 Å². The molecule has 0 heterocycles. The Morgan fingerprint density at radius 2 is 1.90 bits per heavy atom. The number of benzene rings is 1. The summed E-state index contributed by atoms with van der Waals surface area (Å²) in [5.41, 5.74) is 1.58. The summed E-state index contributed by atoms with van der Waals surface area (Å²) in [4.78, 5) is 11.8. The quantitative estimate of drug-likeness (QED) is 0.802. The molecule has 1 fully saturated rings. The monoisotopic (exact) mass is 274 g/mol. The van der Waals surface area contributed by atoms with Crippen LogP contribution in [0.4, 0.5) is 0 Å². The molecule has 0 atom stereocenters. The van der Waals surface area contributed by atoms with Gasteiger partial charge in [-0.25, -0.2) is 0 Å². The molecular weight excluding hydrogens is 248 g/mol. The molecule has 1 aromatic rings. The molecule has 1 aromatic carbocycles. The highest BCUT2D eigenvalue weighted by Gasteiger charge is 2.31. The first-order valence-corrected chi connectivity index (χ1v) is 7.75. The summed E-state index contributed by atoms with van der Waals surface area (Å²) in [6.07, 6.45) is 6.52. The molecule has 110 valence electrons. The summed E-state index contributed by atoms with van der Waals surface area (Å²) in [5.74, 6) is 0.0816. The highest BCUT2D eigenvalue weighted by molar-refractivity contribution is 5.77. The average molecular weight is 274 g/mol. The third-order valence-corrected chi connectivity index (χ3v) is 4.53. The zero-order valence-corrected chi connectivity index (χ0v) is 12.5. The van der Waals surface area contributed by atoms with E-state index in [1.54, 1.807) is 0 Å². The summed E-state index contributed by atoms with van der Waals surface area (Å²) >= 11 is 0. The summed E-state index contributed by atoms with van der Waals surface area (Å²) in [7, 11) is 0. The van der Waals surface area contributed by atoms with Crippen LogP contribution in [0.15, 0.2) is 30.3 Å². The van der Waals surface area contributed by atoms with E-state index in [1.807, 2.05) is 30.3 Å². The predicted octanol–water partition coefficient (Wildman–Crippen LogP) is 2.86. The maximum Gasteiger partial charge on any atom is 0.234 e. The maximum atomic E-state index is 11.8. The van der Waals surface area contributed by atoms with Gasteiger partial charge in [-0.05, 0) is 30.2 Å². The predicted molar refractivity (Wildman–Crippen MR) is 82.4 cm³/mol. The van der Waals surface area contributed by atoms with Gasteiger partial charge in [0, 0.05) is 13.1 Å². The third-order valence-electron chi connectivity index (χ3n) is 4.53. The van der Waals surface area contributed by atoms with Crippen molar-refractivity contribution in [2.75, 3.05) is 13.1 Å². The lowest BCUT2D eigenvalue weighted by Gasteiger charge is -2.27. The Hall–Kier alpha value is -1.35. The first kappa shape index (κ1) is 15.0. The molecule has 0 saturated heterocycles. The number of nitrogens with one attached hydrogen (secondary N) is 2. The number of hydrogen-bond donors (Lipinski definition) is 2. The summed E-state index contributed by atoms with van der Waals surface area (Å²) in [5, 5.41) is 6.30. The maximum absolute atomic E-state index is 11.8. The van der Waals surface area contributed by atoms with Gasteiger partial charge in [0.2, 0.25) is 5.91 Å². The lowest BCUT2D eigenvalue weighted by molar-refractivity contribution is -0.120. The molecule has 3 heteroatoms. The zero-order valence-electron chi connectivity index (χ0n) is 12.5. The molecule has 1 amide bonds. The molecule has 0 bridgehead atoms. The number of carbonyl (C=O) groups is 1. The van der Waals surface area contributed by atoms with Gasteiger partial charge in [0.05, 0.1) is 6.54 Å². The Balaban J connectivity index is 1.65. The molecule has 1 aliphatic rings. The Kier molecular flexibility index (Phi) is 5.60. The van der Waals surface area contributed by atoms with E-state index >= 15 is 0 Å². The van der Waals surface area contributed by atoms with Gasteiger partial charge in [-0.1, -0.05) is 50.1 Å².